The first-order valence-electron chi connectivity index (χ1n) is 12.6. The molecule has 0 spiro atoms. The van der Waals surface area contributed by atoms with E-state index in [4.69, 9.17) is 14.0 Å². The lowest BCUT2D eigenvalue weighted by Crippen LogP contribution is -2.43. The Morgan fingerprint density at radius 3 is 2.31 bits per heavy atom. The van der Waals surface area contributed by atoms with Crippen molar-refractivity contribution < 1.29 is 28.7 Å². The Morgan fingerprint density at radius 1 is 1.17 bits per heavy atom. The van der Waals surface area contributed by atoms with E-state index in [2.05, 4.69) is 17.4 Å². The molecule has 0 bridgehead atoms. The Kier molecular flexibility index (Phi) is 8.07. The van der Waals surface area contributed by atoms with Gasteiger partial charge < -0.3 is 24.5 Å². The molecule has 35 heavy (non-hydrogen) atoms. The first-order chi connectivity index (χ1) is 16.2. The van der Waals surface area contributed by atoms with Gasteiger partial charge in [0.1, 0.15) is 11.6 Å². The summed E-state index contributed by atoms with van der Waals surface area (Å²) in [5.74, 6) is -0.747. The number of nitrogens with one attached hydrogen (secondary N) is 1. The summed E-state index contributed by atoms with van der Waals surface area (Å²) in [5, 5.41) is 12.2. The van der Waals surface area contributed by atoms with Crippen LogP contribution in [0, 0.1) is 5.92 Å². The van der Waals surface area contributed by atoms with Gasteiger partial charge in [0.25, 0.3) is 0 Å². The van der Waals surface area contributed by atoms with Gasteiger partial charge in [0.2, 0.25) is 0 Å². The van der Waals surface area contributed by atoms with Gasteiger partial charge in [-0.05, 0) is 90.2 Å². The molecule has 192 valence electrons. The maximum absolute atomic E-state index is 12.2. The number of alkyl carbamates (subject to hydrolysis) is 1. The number of hydrogen-bond acceptors (Lipinski definition) is 5. The van der Waals surface area contributed by atoms with Crippen LogP contribution in [0.2, 0.25) is 0 Å². The maximum Gasteiger partial charge on any atom is 0.494 e. The number of aliphatic carboxylic acids is 1. The molecular formula is C27H40BNO6. The lowest BCUT2D eigenvalue weighted by Gasteiger charge is -2.32. The number of allylic oxidation sites excluding steroid dienone is 1. The van der Waals surface area contributed by atoms with Crippen LogP contribution < -0.4 is 10.8 Å². The molecule has 7 nitrogen and oxygen atoms in total. The first kappa shape index (κ1) is 27.3. The molecule has 1 saturated carbocycles. The van der Waals surface area contributed by atoms with Crippen molar-refractivity contribution >= 4 is 30.2 Å². The van der Waals surface area contributed by atoms with Crippen LogP contribution in [-0.4, -0.2) is 47.1 Å². The molecule has 2 N–H and O–H groups in total. The van der Waals surface area contributed by atoms with Crippen LogP contribution in [0.4, 0.5) is 4.79 Å². The number of carboxylic acid groups (broad SMARTS) is 1. The average molecular weight is 485 g/mol. The summed E-state index contributed by atoms with van der Waals surface area (Å²) in [6.07, 6.45) is 5.82. The number of ether oxygens (including phenoxy) is 1. The third kappa shape index (κ3) is 6.88. The standard InChI is InChI=1S/C27H40BNO6/c1-25(2,3)33-24(32)29-22(23(30)31)16-15-21(18-11-8-9-12-18)19-13-10-14-20(17-19)28-34-26(4,5)27(6,7)35-28/h10,13-15,17-18,22H,8-9,11-12,16H2,1-7H3,(H,29,32)(H,30,31)/b21-15+/t22-/m0/s1. The second kappa shape index (κ2) is 10.4. The number of hydrogen-bond donors (Lipinski definition) is 2. The fraction of sp³-hybridized carbons (Fsp3) is 0.630. The van der Waals surface area contributed by atoms with Gasteiger partial charge in [0, 0.05) is 0 Å². The Labute approximate surface area is 209 Å². The fourth-order valence-electron chi connectivity index (χ4n) is 4.52. The molecule has 1 saturated heterocycles. The van der Waals surface area contributed by atoms with Crippen molar-refractivity contribution in [2.24, 2.45) is 5.92 Å². The van der Waals surface area contributed by atoms with Crippen molar-refractivity contribution in [1.29, 1.82) is 0 Å². The van der Waals surface area contributed by atoms with E-state index in [1.54, 1.807) is 20.8 Å². The van der Waals surface area contributed by atoms with Crippen molar-refractivity contribution in [3.63, 3.8) is 0 Å². The van der Waals surface area contributed by atoms with Gasteiger partial charge in [-0.3, -0.25) is 0 Å². The summed E-state index contributed by atoms with van der Waals surface area (Å²) in [4.78, 5) is 24.1. The van der Waals surface area contributed by atoms with E-state index >= 15 is 0 Å². The van der Waals surface area contributed by atoms with E-state index in [0.29, 0.717) is 5.92 Å². The van der Waals surface area contributed by atoms with Crippen LogP contribution in [0.15, 0.2) is 30.3 Å². The number of carboxylic acids is 1. The lowest BCUT2D eigenvalue weighted by atomic mass is 9.77. The third-order valence-corrected chi connectivity index (χ3v) is 7.10. The highest BCUT2D eigenvalue weighted by Gasteiger charge is 2.51. The maximum atomic E-state index is 12.2. The number of carbonyl (C=O) groups is 2. The summed E-state index contributed by atoms with van der Waals surface area (Å²) in [6.45, 7) is 13.4. The third-order valence-electron chi connectivity index (χ3n) is 7.10. The van der Waals surface area contributed by atoms with Crippen molar-refractivity contribution in [3.8, 4) is 0 Å². The number of carbonyl (C=O) groups excluding carboxylic acids is 1. The number of rotatable bonds is 7. The summed E-state index contributed by atoms with van der Waals surface area (Å²) in [5.41, 5.74) is 1.52. The molecule has 1 atom stereocenters. The van der Waals surface area contributed by atoms with E-state index in [0.717, 1.165) is 42.3 Å². The normalized spacial score (nSPS) is 21.1. The molecule has 1 aromatic rings. The molecule has 1 aliphatic heterocycles. The van der Waals surface area contributed by atoms with Gasteiger partial charge in [0.15, 0.2) is 0 Å². The topological polar surface area (TPSA) is 94.1 Å². The zero-order valence-electron chi connectivity index (χ0n) is 22.1. The van der Waals surface area contributed by atoms with Crippen molar-refractivity contribution in [2.75, 3.05) is 0 Å². The molecule has 8 heteroatoms. The minimum atomic E-state index is -1.09. The highest BCUT2D eigenvalue weighted by atomic mass is 16.7. The molecule has 1 aliphatic carbocycles. The van der Waals surface area contributed by atoms with Crippen LogP contribution in [0.25, 0.3) is 5.57 Å². The van der Waals surface area contributed by atoms with E-state index in [1.807, 2.05) is 45.9 Å². The van der Waals surface area contributed by atoms with Crippen LogP contribution in [-0.2, 0) is 18.8 Å². The minimum Gasteiger partial charge on any atom is -0.480 e. The summed E-state index contributed by atoms with van der Waals surface area (Å²) >= 11 is 0. The highest BCUT2D eigenvalue weighted by Crippen LogP contribution is 2.38. The van der Waals surface area contributed by atoms with E-state index < -0.39 is 42.0 Å². The molecule has 1 aromatic carbocycles. The van der Waals surface area contributed by atoms with Gasteiger partial charge >= 0.3 is 19.2 Å². The molecule has 3 rings (SSSR count). The van der Waals surface area contributed by atoms with Crippen LogP contribution >= 0.6 is 0 Å². The fourth-order valence-corrected chi connectivity index (χ4v) is 4.52. The second-order valence-corrected chi connectivity index (χ2v) is 11.6. The minimum absolute atomic E-state index is 0.168. The Bertz CT molecular complexity index is 943. The van der Waals surface area contributed by atoms with Crippen LogP contribution in [0.1, 0.15) is 86.1 Å². The molecule has 0 aromatic heterocycles. The molecule has 2 fully saturated rings. The lowest BCUT2D eigenvalue weighted by molar-refractivity contribution is -0.139. The molecule has 0 unspecified atom stereocenters. The molecule has 1 amide bonds. The van der Waals surface area contributed by atoms with E-state index in [1.165, 1.54) is 0 Å². The molecule has 2 aliphatic rings. The van der Waals surface area contributed by atoms with E-state index in [-0.39, 0.29) is 6.42 Å². The van der Waals surface area contributed by atoms with Crippen molar-refractivity contribution in [3.05, 3.63) is 35.9 Å². The summed E-state index contributed by atoms with van der Waals surface area (Å²) in [7, 11) is -0.467. The van der Waals surface area contributed by atoms with Gasteiger partial charge in [-0.15, -0.1) is 0 Å². The van der Waals surface area contributed by atoms with Gasteiger partial charge in [-0.25, -0.2) is 9.59 Å². The Hall–Kier alpha value is -2.32. The van der Waals surface area contributed by atoms with Gasteiger partial charge in [-0.2, -0.15) is 0 Å². The summed E-state index contributed by atoms with van der Waals surface area (Å²) < 4.78 is 17.7. The first-order valence-corrected chi connectivity index (χ1v) is 12.6. The Morgan fingerprint density at radius 2 is 1.77 bits per heavy atom. The number of amides is 1. The predicted molar refractivity (Wildman–Crippen MR) is 138 cm³/mol. The van der Waals surface area contributed by atoms with Crippen LogP contribution in [0.3, 0.4) is 0 Å². The monoisotopic (exact) mass is 485 g/mol. The van der Waals surface area contributed by atoms with Gasteiger partial charge in [-0.1, -0.05) is 43.2 Å². The Balaban J connectivity index is 1.85. The van der Waals surface area contributed by atoms with E-state index in [9.17, 15) is 14.7 Å². The zero-order valence-corrected chi connectivity index (χ0v) is 22.1. The molecular weight excluding hydrogens is 445 g/mol. The largest absolute Gasteiger partial charge is 0.494 e. The van der Waals surface area contributed by atoms with Gasteiger partial charge in [0.05, 0.1) is 11.2 Å². The smallest absolute Gasteiger partial charge is 0.480 e. The second-order valence-electron chi connectivity index (χ2n) is 11.6. The zero-order chi connectivity index (χ0) is 26.0. The summed E-state index contributed by atoms with van der Waals surface area (Å²) in [6, 6.07) is 7.06. The average Bonchev–Trinajstić information content (AvgIpc) is 3.32. The quantitative estimate of drug-likeness (QED) is 0.532. The predicted octanol–water partition coefficient (Wildman–Crippen LogP) is 4.93. The van der Waals surface area contributed by atoms with Crippen LogP contribution in [0.5, 0.6) is 0 Å². The number of benzene rings is 1. The molecule has 0 radical (unpaired) electrons. The SMILES string of the molecule is CC(C)(C)OC(=O)N[C@@H](C/C=C(/c1cccc(B2OC(C)(C)C(C)(C)O2)c1)C1CCCC1)C(=O)O. The molecule has 1 heterocycles. The van der Waals surface area contributed by atoms with Crippen molar-refractivity contribution in [1.82, 2.24) is 5.32 Å². The van der Waals surface area contributed by atoms with Crippen molar-refractivity contribution in [2.45, 2.75) is 103 Å². The highest BCUT2D eigenvalue weighted by molar-refractivity contribution is 6.62.